The largest absolute Gasteiger partial charge is 0.491 e. The van der Waals surface area contributed by atoms with E-state index in [1.807, 2.05) is 31.2 Å². The third-order valence-electron chi connectivity index (χ3n) is 4.68. The van der Waals surface area contributed by atoms with Crippen molar-refractivity contribution in [3.8, 4) is 5.75 Å². The van der Waals surface area contributed by atoms with Gasteiger partial charge in [0.25, 0.3) is 5.91 Å². The number of halogens is 1. The normalized spacial score (nSPS) is 16.2. The van der Waals surface area contributed by atoms with Gasteiger partial charge in [0.1, 0.15) is 24.3 Å². The van der Waals surface area contributed by atoms with Crippen LogP contribution in [0.25, 0.3) is 0 Å². The first-order chi connectivity index (χ1) is 13.0. The van der Waals surface area contributed by atoms with Crippen molar-refractivity contribution < 1.29 is 19.0 Å². The molecule has 27 heavy (non-hydrogen) atoms. The number of aryl methyl sites for hydroxylation is 1. The van der Waals surface area contributed by atoms with Crippen LogP contribution in [-0.2, 0) is 0 Å². The summed E-state index contributed by atoms with van der Waals surface area (Å²) < 4.78 is 18.6. The Kier molecular flexibility index (Phi) is 6.42. The molecule has 6 heteroatoms. The first kappa shape index (κ1) is 19.3. The molecule has 1 aliphatic rings. The lowest BCUT2D eigenvalue weighted by Crippen LogP contribution is -2.50. The van der Waals surface area contributed by atoms with E-state index < -0.39 is 6.10 Å². The van der Waals surface area contributed by atoms with Crippen LogP contribution in [0.2, 0.25) is 0 Å². The molecule has 1 amide bonds. The molecule has 1 unspecified atom stereocenters. The van der Waals surface area contributed by atoms with Crippen LogP contribution >= 0.6 is 0 Å². The van der Waals surface area contributed by atoms with Crippen LogP contribution in [0, 0.1) is 12.7 Å². The van der Waals surface area contributed by atoms with E-state index in [1.165, 1.54) is 24.3 Å². The molecule has 1 saturated heterocycles. The van der Waals surface area contributed by atoms with Crippen LogP contribution in [-0.4, -0.2) is 66.2 Å². The van der Waals surface area contributed by atoms with Crippen molar-refractivity contribution in [2.45, 2.75) is 13.0 Å². The Hall–Kier alpha value is -2.44. The minimum Gasteiger partial charge on any atom is -0.491 e. The van der Waals surface area contributed by atoms with Gasteiger partial charge in [-0.3, -0.25) is 9.69 Å². The summed E-state index contributed by atoms with van der Waals surface area (Å²) >= 11 is 0. The summed E-state index contributed by atoms with van der Waals surface area (Å²) in [5.41, 5.74) is 1.66. The van der Waals surface area contributed by atoms with Crippen molar-refractivity contribution >= 4 is 5.91 Å². The summed E-state index contributed by atoms with van der Waals surface area (Å²) in [6.45, 7) is 5.30. The van der Waals surface area contributed by atoms with Crippen LogP contribution in [0.3, 0.4) is 0 Å². The average molecular weight is 372 g/mol. The summed E-state index contributed by atoms with van der Waals surface area (Å²) in [7, 11) is 0. The van der Waals surface area contributed by atoms with Crippen molar-refractivity contribution in [2.24, 2.45) is 0 Å². The van der Waals surface area contributed by atoms with Gasteiger partial charge in [-0.25, -0.2) is 4.39 Å². The first-order valence-electron chi connectivity index (χ1n) is 9.16. The standard InChI is InChI=1S/C21H25FN2O3/c1-16-2-8-20(9-3-16)27-15-19(25)14-23-10-12-24(13-11-23)21(26)17-4-6-18(22)7-5-17/h2-9,19,25H,10-15H2,1H3. The van der Waals surface area contributed by atoms with Crippen LogP contribution in [0.4, 0.5) is 4.39 Å². The fraction of sp³-hybridized carbons (Fsp3) is 0.381. The number of piperazine rings is 1. The minimum absolute atomic E-state index is 0.0853. The second-order valence-corrected chi connectivity index (χ2v) is 6.88. The van der Waals surface area contributed by atoms with Crippen molar-refractivity contribution in [3.63, 3.8) is 0 Å². The van der Waals surface area contributed by atoms with Gasteiger partial charge in [0.05, 0.1) is 0 Å². The molecule has 0 saturated carbocycles. The van der Waals surface area contributed by atoms with Gasteiger partial charge in [-0.2, -0.15) is 0 Å². The number of hydrogen-bond acceptors (Lipinski definition) is 4. The highest BCUT2D eigenvalue weighted by atomic mass is 19.1. The van der Waals surface area contributed by atoms with E-state index in [9.17, 15) is 14.3 Å². The van der Waals surface area contributed by atoms with Crippen LogP contribution < -0.4 is 4.74 Å². The molecule has 1 heterocycles. The molecule has 2 aromatic carbocycles. The second kappa shape index (κ2) is 8.97. The molecule has 0 spiro atoms. The molecule has 1 aliphatic heterocycles. The number of aliphatic hydroxyl groups excluding tert-OH is 1. The van der Waals surface area contributed by atoms with Gasteiger partial charge >= 0.3 is 0 Å². The lowest BCUT2D eigenvalue weighted by Gasteiger charge is -2.35. The highest BCUT2D eigenvalue weighted by Crippen LogP contribution is 2.13. The Bertz CT molecular complexity index is 741. The Morgan fingerprint density at radius 1 is 1.07 bits per heavy atom. The molecule has 2 aromatic rings. The highest BCUT2D eigenvalue weighted by molar-refractivity contribution is 5.94. The van der Waals surface area contributed by atoms with Crippen molar-refractivity contribution in [1.82, 2.24) is 9.80 Å². The fourth-order valence-corrected chi connectivity index (χ4v) is 3.09. The van der Waals surface area contributed by atoms with Gasteiger partial charge in [0.15, 0.2) is 0 Å². The summed E-state index contributed by atoms with van der Waals surface area (Å²) in [6, 6.07) is 13.3. The van der Waals surface area contributed by atoms with Gasteiger partial charge in [0.2, 0.25) is 0 Å². The number of ether oxygens (including phenoxy) is 1. The van der Waals surface area contributed by atoms with Crippen LogP contribution in [0.1, 0.15) is 15.9 Å². The van der Waals surface area contributed by atoms with E-state index in [-0.39, 0.29) is 18.3 Å². The number of β-amino-alcohol motifs (C(OH)–C–C–N with tert-alkyl or cyclic N) is 1. The van der Waals surface area contributed by atoms with Crippen LogP contribution in [0.5, 0.6) is 5.75 Å². The van der Waals surface area contributed by atoms with E-state index in [4.69, 9.17) is 4.74 Å². The van der Waals surface area contributed by atoms with Gasteiger partial charge in [0, 0.05) is 38.3 Å². The summed E-state index contributed by atoms with van der Waals surface area (Å²) in [4.78, 5) is 16.3. The topological polar surface area (TPSA) is 53.0 Å². The Labute approximate surface area is 159 Å². The van der Waals surface area contributed by atoms with Gasteiger partial charge in [-0.1, -0.05) is 17.7 Å². The molecule has 1 fully saturated rings. The Balaban J connectivity index is 1.41. The number of hydrogen-bond donors (Lipinski definition) is 1. The third-order valence-corrected chi connectivity index (χ3v) is 4.68. The van der Waals surface area contributed by atoms with Gasteiger partial charge < -0.3 is 14.7 Å². The second-order valence-electron chi connectivity index (χ2n) is 6.88. The minimum atomic E-state index is -0.592. The fourth-order valence-electron chi connectivity index (χ4n) is 3.09. The zero-order valence-corrected chi connectivity index (χ0v) is 15.5. The zero-order chi connectivity index (χ0) is 19.2. The maximum Gasteiger partial charge on any atom is 0.253 e. The molecule has 1 atom stereocenters. The smallest absolute Gasteiger partial charge is 0.253 e. The zero-order valence-electron chi connectivity index (χ0n) is 15.5. The number of carbonyl (C=O) groups excluding carboxylic acids is 1. The van der Waals surface area contributed by atoms with Crippen LogP contribution in [0.15, 0.2) is 48.5 Å². The Morgan fingerprint density at radius 3 is 2.33 bits per heavy atom. The predicted octanol–water partition coefficient (Wildman–Crippen LogP) is 2.33. The van der Waals surface area contributed by atoms with E-state index in [0.717, 1.165) is 11.3 Å². The molecule has 0 radical (unpaired) electrons. The maximum atomic E-state index is 13.0. The molecule has 0 aromatic heterocycles. The third kappa shape index (κ3) is 5.52. The quantitative estimate of drug-likeness (QED) is 0.846. The molecule has 0 aliphatic carbocycles. The molecule has 5 nitrogen and oxygen atoms in total. The van der Waals surface area contributed by atoms with E-state index in [0.29, 0.717) is 38.3 Å². The number of aliphatic hydroxyl groups is 1. The van der Waals surface area contributed by atoms with E-state index >= 15 is 0 Å². The van der Waals surface area contributed by atoms with Crippen molar-refractivity contribution in [2.75, 3.05) is 39.3 Å². The molecule has 0 bridgehead atoms. The lowest BCUT2D eigenvalue weighted by atomic mass is 10.1. The molecule has 144 valence electrons. The summed E-state index contributed by atoms with van der Waals surface area (Å²) in [5.74, 6) is 0.311. The maximum absolute atomic E-state index is 13.0. The average Bonchev–Trinajstić information content (AvgIpc) is 2.68. The summed E-state index contributed by atoms with van der Waals surface area (Å²) in [5, 5.41) is 10.2. The molecular weight excluding hydrogens is 347 g/mol. The lowest BCUT2D eigenvalue weighted by molar-refractivity contribution is 0.0403. The van der Waals surface area contributed by atoms with E-state index in [2.05, 4.69) is 4.90 Å². The molecule has 3 rings (SSSR count). The van der Waals surface area contributed by atoms with Crippen molar-refractivity contribution in [3.05, 3.63) is 65.5 Å². The molecular formula is C21H25FN2O3. The highest BCUT2D eigenvalue weighted by Gasteiger charge is 2.23. The molecule has 1 N–H and O–H groups in total. The number of nitrogens with zero attached hydrogens (tertiary/aromatic N) is 2. The van der Waals surface area contributed by atoms with Gasteiger partial charge in [-0.05, 0) is 43.3 Å². The predicted molar refractivity (Wildman–Crippen MR) is 101 cm³/mol. The van der Waals surface area contributed by atoms with Crippen molar-refractivity contribution in [1.29, 1.82) is 0 Å². The van der Waals surface area contributed by atoms with E-state index in [1.54, 1.807) is 4.90 Å². The summed E-state index contributed by atoms with van der Waals surface area (Å²) in [6.07, 6.45) is -0.592. The monoisotopic (exact) mass is 372 g/mol. The first-order valence-corrected chi connectivity index (χ1v) is 9.16. The Morgan fingerprint density at radius 2 is 1.70 bits per heavy atom. The number of benzene rings is 2. The number of carbonyl (C=O) groups is 1. The number of amides is 1. The SMILES string of the molecule is Cc1ccc(OCC(O)CN2CCN(C(=O)c3ccc(F)cc3)CC2)cc1. The van der Waals surface area contributed by atoms with Gasteiger partial charge in [-0.15, -0.1) is 0 Å². The number of rotatable bonds is 6.